The third kappa shape index (κ3) is 12800. The van der Waals surface area contributed by atoms with Crippen molar-refractivity contribution in [3.8, 4) is 0 Å². The molecular formula is CH7BO6S. The summed E-state index contributed by atoms with van der Waals surface area (Å²) < 4.78 is 25.9. The van der Waals surface area contributed by atoms with Gasteiger partial charge in [-0.05, 0) is 0 Å². The monoisotopic (exact) mass is 158 g/mol. The maximum atomic E-state index is 9.19. The van der Waals surface area contributed by atoms with E-state index in [1.54, 1.807) is 0 Å². The van der Waals surface area contributed by atoms with Crippen molar-refractivity contribution in [2.24, 2.45) is 0 Å². The lowest BCUT2D eigenvalue weighted by atomic mass is 10.3. The largest absolute Gasteiger partial charge is 0.631 e. The van der Waals surface area contributed by atoms with E-state index in [4.69, 9.17) is 19.6 Å². The van der Waals surface area contributed by atoms with Crippen LogP contribution in [0, 0.1) is 0 Å². The standard InChI is InChI=1S/CH4O3S.BH3O3/c1-5(2,3)4;2-1(3)4/h1H3,(H,2,3,4);2-4H. The van der Waals surface area contributed by atoms with Crippen molar-refractivity contribution in [1.29, 1.82) is 0 Å². The Morgan fingerprint density at radius 2 is 1.22 bits per heavy atom. The molecule has 4 N–H and O–H groups in total. The van der Waals surface area contributed by atoms with Crippen LogP contribution in [0.3, 0.4) is 0 Å². The quantitative estimate of drug-likeness (QED) is 0.228. The van der Waals surface area contributed by atoms with Gasteiger partial charge in [-0.3, -0.25) is 4.55 Å². The molecule has 8 heteroatoms. The van der Waals surface area contributed by atoms with Crippen LogP contribution >= 0.6 is 0 Å². The third-order valence-corrected chi connectivity index (χ3v) is 0. The molecule has 0 radical (unpaired) electrons. The van der Waals surface area contributed by atoms with Gasteiger partial charge in [-0.15, -0.1) is 0 Å². The molecule has 0 bridgehead atoms. The Morgan fingerprint density at radius 1 is 1.22 bits per heavy atom. The Hall–Kier alpha value is -0.145. The Labute approximate surface area is 52.7 Å². The first-order valence-corrected chi connectivity index (χ1v) is 3.55. The second kappa shape index (κ2) is 4.71. The molecule has 0 heterocycles. The average molecular weight is 158 g/mol. The first kappa shape index (κ1) is 11.6. The van der Waals surface area contributed by atoms with E-state index in [0.29, 0.717) is 6.26 Å². The van der Waals surface area contributed by atoms with Crippen LogP contribution < -0.4 is 0 Å². The Balaban J connectivity index is 0. The molecule has 0 aromatic heterocycles. The lowest BCUT2D eigenvalue weighted by Crippen LogP contribution is -2.07. The second-order valence-electron chi connectivity index (χ2n) is 1.08. The van der Waals surface area contributed by atoms with Gasteiger partial charge in [-0.2, -0.15) is 8.42 Å². The van der Waals surface area contributed by atoms with Gasteiger partial charge in [0.1, 0.15) is 0 Å². The summed E-state index contributed by atoms with van der Waals surface area (Å²) in [4.78, 5) is 0. The maximum Gasteiger partial charge on any atom is 0.631 e. The molecule has 9 heavy (non-hydrogen) atoms. The summed E-state index contributed by atoms with van der Waals surface area (Å²) in [6.45, 7) is 0. The van der Waals surface area contributed by atoms with Gasteiger partial charge in [0.15, 0.2) is 0 Å². The zero-order valence-electron chi connectivity index (χ0n) is 4.59. The molecule has 0 fully saturated rings. The number of hydrogen-bond donors (Lipinski definition) is 4. The van der Waals surface area contributed by atoms with Crippen molar-refractivity contribution in [3.63, 3.8) is 0 Å². The molecular weight excluding hydrogens is 151 g/mol. The normalized spacial score (nSPS) is 9.44. The summed E-state index contributed by atoms with van der Waals surface area (Å²) in [5.74, 6) is 0. The highest BCUT2D eigenvalue weighted by Gasteiger charge is 1.92. The molecule has 0 spiro atoms. The van der Waals surface area contributed by atoms with Crippen LogP contribution in [0.4, 0.5) is 0 Å². The van der Waals surface area contributed by atoms with Crippen molar-refractivity contribution < 1.29 is 28.0 Å². The fourth-order valence-corrected chi connectivity index (χ4v) is 0. The van der Waals surface area contributed by atoms with E-state index in [0.717, 1.165) is 0 Å². The van der Waals surface area contributed by atoms with Gasteiger partial charge in [0.25, 0.3) is 10.1 Å². The molecule has 6 nitrogen and oxygen atoms in total. The van der Waals surface area contributed by atoms with E-state index in [9.17, 15) is 8.42 Å². The van der Waals surface area contributed by atoms with E-state index in [1.807, 2.05) is 0 Å². The molecule has 0 atom stereocenters. The number of rotatable bonds is 0. The first-order chi connectivity index (χ1) is 3.73. The van der Waals surface area contributed by atoms with Crippen molar-refractivity contribution in [2.45, 2.75) is 0 Å². The van der Waals surface area contributed by atoms with Gasteiger partial charge >= 0.3 is 7.32 Å². The smallest absolute Gasteiger partial charge is 0.402 e. The van der Waals surface area contributed by atoms with E-state index < -0.39 is 17.4 Å². The fraction of sp³-hybridized carbons (Fsp3) is 1.00. The van der Waals surface area contributed by atoms with Crippen molar-refractivity contribution in [1.82, 2.24) is 0 Å². The first-order valence-electron chi connectivity index (χ1n) is 1.70. The molecule has 0 aliphatic rings. The van der Waals surface area contributed by atoms with Crippen molar-refractivity contribution in [2.75, 3.05) is 6.26 Å². The highest BCUT2D eigenvalue weighted by Crippen LogP contribution is 1.60. The third-order valence-electron chi connectivity index (χ3n) is 0. The lowest BCUT2D eigenvalue weighted by molar-refractivity contribution is 0.278. The summed E-state index contributed by atoms with van der Waals surface area (Å²) in [7, 11) is -5.83. The molecule has 0 saturated carbocycles. The van der Waals surface area contributed by atoms with Crippen molar-refractivity contribution >= 4 is 17.4 Å². The van der Waals surface area contributed by atoms with Crippen LogP contribution in [-0.4, -0.2) is 41.6 Å². The van der Waals surface area contributed by atoms with Gasteiger partial charge in [0.05, 0.1) is 6.26 Å². The highest BCUT2D eigenvalue weighted by molar-refractivity contribution is 7.85. The average Bonchev–Trinajstić information content (AvgIpc) is 1.19. The van der Waals surface area contributed by atoms with Crippen LogP contribution in [-0.2, 0) is 10.1 Å². The topological polar surface area (TPSA) is 115 Å². The van der Waals surface area contributed by atoms with E-state index in [-0.39, 0.29) is 0 Å². The van der Waals surface area contributed by atoms with Crippen LogP contribution in [0.5, 0.6) is 0 Å². The molecule has 0 aromatic rings. The molecule has 0 aliphatic carbocycles. The Morgan fingerprint density at radius 3 is 1.22 bits per heavy atom. The van der Waals surface area contributed by atoms with E-state index >= 15 is 0 Å². The lowest BCUT2D eigenvalue weighted by Gasteiger charge is -1.69. The van der Waals surface area contributed by atoms with Gasteiger partial charge < -0.3 is 15.1 Å². The minimum Gasteiger partial charge on any atom is -0.402 e. The van der Waals surface area contributed by atoms with Gasteiger partial charge in [0, 0.05) is 0 Å². The Bertz CT molecular complexity index is 124. The molecule has 0 unspecified atom stereocenters. The van der Waals surface area contributed by atoms with E-state index in [1.165, 1.54) is 0 Å². The molecule has 0 rings (SSSR count). The Kier molecular flexibility index (Phi) is 6.08. The maximum absolute atomic E-state index is 9.19. The van der Waals surface area contributed by atoms with Gasteiger partial charge in [0.2, 0.25) is 0 Å². The van der Waals surface area contributed by atoms with Crippen LogP contribution in [0.2, 0.25) is 0 Å². The summed E-state index contributed by atoms with van der Waals surface area (Å²) in [6.07, 6.45) is 0.715. The van der Waals surface area contributed by atoms with Crippen molar-refractivity contribution in [3.05, 3.63) is 0 Å². The SMILES string of the molecule is CS(=O)(=O)O.OB(O)O. The minimum absolute atomic E-state index is 0.715. The highest BCUT2D eigenvalue weighted by atomic mass is 32.2. The predicted octanol–water partition coefficient (Wildman–Crippen LogP) is -2.55. The van der Waals surface area contributed by atoms with Crippen LogP contribution in [0.1, 0.15) is 0 Å². The molecule has 0 amide bonds. The fourth-order valence-electron chi connectivity index (χ4n) is 0. The summed E-state index contributed by atoms with van der Waals surface area (Å²) in [5, 5.41) is 21.5. The number of hydrogen-bond acceptors (Lipinski definition) is 5. The van der Waals surface area contributed by atoms with Gasteiger partial charge in [-0.25, -0.2) is 0 Å². The summed E-state index contributed by atoms with van der Waals surface area (Å²) >= 11 is 0. The summed E-state index contributed by atoms with van der Waals surface area (Å²) in [5.41, 5.74) is 0. The minimum atomic E-state index is -3.67. The second-order valence-corrected chi connectivity index (χ2v) is 2.55. The zero-order chi connectivity index (χ0) is 8.08. The molecule has 0 saturated heterocycles. The molecule has 0 aliphatic heterocycles. The van der Waals surface area contributed by atoms with Gasteiger partial charge in [-0.1, -0.05) is 0 Å². The predicted molar refractivity (Wildman–Crippen MR) is 29.9 cm³/mol. The van der Waals surface area contributed by atoms with E-state index in [2.05, 4.69) is 0 Å². The summed E-state index contributed by atoms with van der Waals surface area (Å²) in [6, 6.07) is 0. The zero-order valence-corrected chi connectivity index (χ0v) is 5.41. The molecule has 0 aromatic carbocycles. The molecule has 56 valence electrons. The van der Waals surface area contributed by atoms with Crippen LogP contribution in [0.15, 0.2) is 0 Å². The van der Waals surface area contributed by atoms with Crippen LogP contribution in [0.25, 0.3) is 0 Å².